The molecule has 1 aromatic carbocycles. The first kappa shape index (κ1) is 22.3. The smallest absolute Gasteiger partial charge is 0.846 e. The maximum absolute atomic E-state index is 11.9. The van der Waals surface area contributed by atoms with E-state index in [0.29, 0.717) is 6.42 Å². The van der Waals surface area contributed by atoms with Crippen molar-refractivity contribution >= 4 is 28.9 Å². The van der Waals surface area contributed by atoms with Crippen molar-refractivity contribution in [1.29, 1.82) is 0 Å². The van der Waals surface area contributed by atoms with E-state index in [2.05, 4.69) is 25.7 Å². The van der Waals surface area contributed by atoms with Gasteiger partial charge < -0.3 is 10.4 Å². The van der Waals surface area contributed by atoms with Crippen molar-refractivity contribution in [3.8, 4) is 0 Å². The van der Waals surface area contributed by atoms with Crippen LogP contribution in [-0.2, 0) is 9.59 Å². The van der Waals surface area contributed by atoms with Gasteiger partial charge in [-0.15, -0.1) is 0 Å². The minimum Gasteiger partial charge on any atom is -0.846 e. The van der Waals surface area contributed by atoms with Crippen LogP contribution < -0.4 is 40.0 Å². The molecule has 0 fully saturated rings. The van der Waals surface area contributed by atoms with E-state index >= 15 is 0 Å². The largest absolute Gasteiger partial charge is 1.00 e. The molecule has 1 aromatic heterocycles. The second-order valence-corrected chi connectivity index (χ2v) is 6.00. The number of aromatic amines is 1. The monoisotopic (exact) mass is 367 g/mol. The third-order valence-corrected chi connectivity index (χ3v) is 4.55. The van der Waals surface area contributed by atoms with Gasteiger partial charge in [-0.3, -0.25) is 9.59 Å². The Bertz CT molecular complexity index is 761. The van der Waals surface area contributed by atoms with Crippen LogP contribution in [0.4, 0.5) is 0 Å². The SMILES string of the molecule is CCCC(C)C1(CC)C(=O)N=C([O-])NC1=O.[Na+].c1ccc2n[nH]nc2c1. The molecule has 2 unspecified atom stereocenters. The Hall–Kier alpha value is -1.77. The summed E-state index contributed by atoms with van der Waals surface area (Å²) in [6.07, 6.45) is 2.02. The molecule has 2 aromatic rings. The number of aliphatic imine (C=N–C) groups is 1. The summed E-state index contributed by atoms with van der Waals surface area (Å²) >= 11 is 0. The molecule has 1 aliphatic rings. The fourth-order valence-corrected chi connectivity index (χ4v) is 3.09. The number of amidine groups is 1. The summed E-state index contributed by atoms with van der Waals surface area (Å²) in [6, 6.07) is 6.86. The van der Waals surface area contributed by atoms with Crippen LogP contribution in [0.5, 0.6) is 0 Å². The fourth-order valence-electron chi connectivity index (χ4n) is 3.09. The van der Waals surface area contributed by atoms with Gasteiger partial charge in [-0.2, -0.15) is 15.4 Å². The topological polar surface area (TPSA) is 123 Å². The number of aromatic nitrogens is 3. The molecule has 0 radical (unpaired) electrons. The number of rotatable bonds is 4. The van der Waals surface area contributed by atoms with E-state index in [1.165, 1.54) is 0 Å². The van der Waals surface area contributed by atoms with Gasteiger partial charge in [-0.1, -0.05) is 39.3 Å². The molecular weight excluding hydrogens is 345 g/mol. The maximum Gasteiger partial charge on any atom is 1.00 e. The van der Waals surface area contributed by atoms with Crippen LogP contribution in [0.25, 0.3) is 11.0 Å². The number of nitrogens with one attached hydrogen (secondary N) is 2. The molecule has 0 saturated carbocycles. The van der Waals surface area contributed by atoms with Crippen molar-refractivity contribution in [2.24, 2.45) is 16.3 Å². The van der Waals surface area contributed by atoms with Gasteiger partial charge in [0.15, 0.2) is 0 Å². The number of hydrogen-bond donors (Lipinski definition) is 2. The number of H-pyrrole nitrogens is 1. The van der Waals surface area contributed by atoms with Crippen LogP contribution in [0.1, 0.15) is 40.0 Å². The van der Waals surface area contributed by atoms with Crippen LogP contribution >= 0.6 is 0 Å². The number of carbonyl (C=O) groups excluding carboxylic acids is 2. The van der Waals surface area contributed by atoms with Crippen LogP contribution in [0.2, 0.25) is 0 Å². The summed E-state index contributed by atoms with van der Waals surface area (Å²) in [5.74, 6) is -1.20. The van der Waals surface area contributed by atoms with E-state index in [9.17, 15) is 14.7 Å². The Balaban J connectivity index is 0.000000284. The summed E-state index contributed by atoms with van der Waals surface area (Å²) in [5.41, 5.74) is 0.680. The number of amides is 2. The molecular formula is C17H22N5NaO3. The Labute approximate surface area is 174 Å². The number of hydrogen-bond acceptors (Lipinski definition) is 5. The quantitative estimate of drug-likeness (QED) is 0.485. The van der Waals surface area contributed by atoms with E-state index in [1.54, 1.807) is 6.92 Å². The summed E-state index contributed by atoms with van der Waals surface area (Å²) in [6.45, 7) is 5.62. The van der Waals surface area contributed by atoms with Gasteiger partial charge in [-0.05, 0) is 30.9 Å². The second-order valence-electron chi connectivity index (χ2n) is 6.00. The molecule has 0 aliphatic carbocycles. The van der Waals surface area contributed by atoms with E-state index in [0.717, 1.165) is 23.9 Å². The molecule has 3 rings (SSSR count). The molecule has 2 N–H and O–H groups in total. The summed E-state index contributed by atoms with van der Waals surface area (Å²) in [5, 5.41) is 23.4. The molecule has 9 heteroatoms. The van der Waals surface area contributed by atoms with Crippen LogP contribution in [0.3, 0.4) is 0 Å². The first-order valence-electron chi connectivity index (χ1n) is 8.32. The van der Waals surface area contributed by atoms with Crippen molar-refractivity contribution in [1.82, 2.24) is 20.7 Å². The minimum absolute atomic E-state index is 0. The Morgan fingerprint density at radius 3 is 2.19 bits per heavy atom. The average molecular weight is 367 g/mol. The van der Waals surface area contributed by atoms with Crippen LogP contribution in [0.15, 0.2) is 29.3 Å². The minimum atomic E-state index is -1.15. The zero-order valence-corrected chi connectivity index (χ0v) is 17.6. The number of benzene rings is 1. The molecule has 134 valence electrons. The zero-order chi connectivity index (χ0) is 18.4. The molecule has 1 aliphatic heterocycles. The zero-order valence-electron chi connectivity index (χ0n) is 15.6. The third kappa shape index (κ3) is 4.49. The third-order valence-electron chi connectivity index (χ3n) is 4.55. The number of para-hydroxylation sites is 2. The fraction of sp³-hybridized carbons (Fsp3) is 0.471. The van der Waals surface area contributed by atoms with Gasteiger partial charge in [0.25, 0.3) is 5.91 Å². The van der Waals surface area contributed by atoms with E-state index in [-0.39, 0.29) is 35.5 Å². The molecule has 0 spiro atoms. The van der Waals surface area contributed by atoms with Gasteiger partial charge in [0.1, 0.15) is 16.4 Å². The molecule has 2 heterocycles. The van der Waals surface area contributed by atoms with Crippen molar-refractivity contribution in [2.45, 2.75) is 40.0 Å². The van der Waals surface area contributed by atoms with Crippen molar-refractivity contribution in [3.63, 3.8) is 0 Å². The Morgan fingerprint density at radius 1 is 1.15 bits per heavy atom. The number of carbonyl (C=O) groups is 2. The Morgan fingerprint density at radius 2 is 1.73 bits per heavy atom. The molecule has 0 saturated heterocycles. The van der Waals surface area contributed by atoms with Gasteiger partial charge in [0, 0.05) is 0 Å². The van der Waals surface area contributed by atoms with E-state index in [4.69, 9.17) is 0 Å². The van der Waals surface area contributed by atoms with Crippen molar-refractivity contribution in [2.75, 3.05) is 0 Å². The van der Waals surface area contributed by atoms with Crippen LogP contribution in [-0.4, -0.2) is 33.2 Å². The summed E-state index contributed by atoms with van der Waals surface area (Å²) < 4.78 is 0. The summed E-state index contributed by atoms with van der Waals surface area (Å²) in [7, 11) is 0. The number of nitrogens with zero attached hydrogens (tertiary/aromatic N) is 3. The average Bonchev–Trinajstić information content (AvgIpc) is 3.04. The standard InChI is InChI=1S/C11H18N2O3.C6H5N3.Na/c1-4-6-7(3)11(5-2)8(14)12-10(16)13-9(11)15;1-2-4-6-5(3-1)7-9-8-6;/h7H,4-6H2,1-3H3,(H2,12,13,14,15,16);1-4H,(H,7,8,9);/q;;+1/p-1. The number of fused-ring (bicyclic) bond motifs is 1. The van der Waals surface area contributed by atoms with E-state index < -0.39 is 23.3 Å². The molecule has 8 nitrogen and oxygen atoms in total. The van der Waals surface area contributed by atoms with Crippen molar-refractivity contribution in [3.05, 3.63) is 24.3 Å². The Kier molecular flexibility index (Phi) is 8.39. The van der Waals surface area contributed by atoms with Crippen LogP contribution in [0, 0.1) is 11.3 Å². The molecule has 2 amide bonds. The van der Waals surface area contributed by atoms with Gasteiger partial charge >= 0.3 is 29.6 Å². The molecule has 26 heavy (non-hydrogen) atoms. The van der Waals surface area contributed by atoms with E-state index in [1.807, 2.05) is 38.1 Å². The van der Waals surface area contributed by atoms with Gasteiger partial charge in [-0.25, -0.2) is 4.99 Å². The van der Waals surface area contributed by atoms with Gasteiger partial charge in [0.05, 0.1) is 6.02 Å². The molecule has 0 bridgehead atoms. The first-order valence-corrected chi connectivity index (χ1v) is 8.32. The second kappa shape index (κ2) is 9.80. The van der Waals surface area contributed by atoms with Crippen molar-refractivity contribution < 1.29 is 44.3 Å². The molecule has 2 atom stereocenters. The van der Waals surface area contributed by atoms with Gasteiger partial charge in [0.2, 0.25) is 5.91 Å². The predicted molar refractivity (Wildman–Crippen MR) is 91.3 cm³/mol. The summed E-state index contributed by atoms with van der Waals surface area (Å²) in [4.78, 5) is 27.1. The normalized spacial score (nSPS) is 20.3. The predicted octanol–water partition coefficient (Wildman–Crippen LogP) is -1.85. The maximum atomic E-state index is 11.9. The first-order chi connectivity index (χ1) is 12.0.